The van der Waals surface area contributed by atoms with E-state index in [2.05, 4.69) is 0 Å². The van der Waals surface area contributed by atoms with Gasteiger partial charge >= 0.3 is 5.97 Å². The van der Waals surface area contributed by atoms with Gasteiger partial charge in [-0.15, -0.1) is 0 Å². The maximum Gasteiger partial charge on any atom is 0.331 e. The zero-order valence-electron chi connectivity index (χ0n) is 13.4. The molecule has 0 N–H and O–H groups in total. The quantitative estimate of drug-likeness (QED) is 0.572. The lowest BCUT2D eigenvalue weighted by molar-refractivity contribution is -0.137. The molecular weight excluding hydrogens is 312 g/mol. The summed E-state index contributed by atoms with van der Waals surface area (Å²) >= 11 is 6.08. The van der Waals surface area contributed by atoms with Crippen molar-refractivity contribution >= 4 is 23.1 Å². The van der Waals surface area contributed by atoms with Gasteiger partial charge in [-0.05, 0) is 48.7 Å². The maximum absolute atomic E-state index is 11.5. The summed E-state index contributed by atoms with van der Waals surface area (Å²) in [5, 5.41) is 0.656. The fraction of sp³-hybridized carbons (Fsp3) is 0.211. The molecule has 0 saturated heterocycles. The van der Waals surface area contributed by atoms with E-state index in [0.717, 1.165) is 28.0 Å². The standard InChI is InChI=1S/C19H19ClO3/c1-4-23-19(21)11-13(2)14-5-7-15(8-6-14)17-12-16(20)9-10-18(17)22-3/h5-12H,4H2,1-3H3/b13-11+. The first-order valence-corrected chi connectivity index (χ1v) is 7.72. The highest BCUT2D eigenvalue weighted by Crippen LogP contribution is 2.33. The van der Waals surface area contributed by atoms with Crippen molar-refractivity contribution in [2.75, 3.05) is 13.7 Å². The number of benzene rings is 2. The van der Waals surface area contributed by atoms with Crippen LogP contribution in [0, 0.1) is 0 Å². The number of allylic oxidation sites excluding steroid dienone is 1. The molecule has 23 heavy (non-hydrogen) atoms. The van der Waals surface area contributed by atoms with Gasteiger partial charge in [0.15, 0.2) is 0 Å². The molecule has 4 heteroatoms. The average Bonchev–Trinajstić information content (AvgIpc) is 2.55. The molecule has 2 aromatic carbocycles. The fourth-order valence-electron chi connectivity index (χ4n) is 2.26. The van der Waals surface area contributed by atoms with Gasteiger partial charge in [-0.3, -0.25) is 0 Å². The Kier molecular flexibility index (Phi) is 5.83. The molecule has 0 aliphatic rings. The van der Waals surface area contributed by atoms with E-state index in [1.807, 2.05) is 43.3 Å². The van der Waals surface area contributed by atoms with Crippen molar-refractivity contribution in [2.24, 2.45) is 0 Å². The van der Waals surface area contributed by atoms with E-state index in [1.54, 1.807) is 20.1 Å². The molecule has 2 rings (SSSR count). The number of hydrogen-bond donors (Lipinski definition) is 0. The number of methoxy groups -OCH3 is 1. The first kappa shape index (κ1) is 17.1. The van der Waals surface area contributed by atoms with Crippen LogP contribution in [0.25, 0.3) is 16.7 Å². The summed E-state index contributed by atoms with van der Waals surface area (Å²) in [5.41, 5.74) is 3.74. The molecule has 0 unspecified atom stereocenters. The predicted molar refractivity (Wildman–Crippen MR) is 93.7 cm³/mol. The third-order valence-electron chi connectivity index (χ3n) is 3.43. The van der Waals surface area contributed by atoms with Crippen LogP contribution in [0.4, 0.5) is 0 Å². The summed E-state index contributed by atoms with van der Waals surface area (Å²) in [6.07, 6.45) is 1.50. The van der Waals surface area contributed by atoms with Gasteiger partial charge in [0.1, 0.15) is 5.75 Å². The topological polar surface area (TPSA) is 35.5 Å². The third kappa shape index (κ3) is 4.36. The Hall–Kier alpha value is -2.26. The zero-order valence-corrected chi connectivity index (χ0v) is 14.2. The van der Waals surface area contributed by atoms with Crippen LogP contribution in [0.5, 0.6) is 5.75 Å². The normalized spacial score (nSPS) is 11.2. The highest BCUT2D eigenvalue weighted by atomic mass is 35.5. The molecule has 3 nitrogen and oxygen atoms in total. The lowest BCUT2D eigenvalue weighted by atomic mass is 10.00. The van der Waals surface area contributed by atoms with E-state index >= 15 is 0 Å². The van der Waals surface area contributed by atoms with E-state index in [4.69, 9.17) is 21.1 Å². The molecular formula is C19H19ClO3. The van der Waals surface area contributed by atoms with E-state index in [1.165, 1.54) is 6.08 Å². The van der Waals surface area contributed by atoms with Crippen molar-refractivity contribution in [2.45, 2.75) is 13.8 Å². The van der Waals surface area contributed by atoms with Gasteiger partial charge in [0.05, 0.1) is 13.7 Å². The van der Waals surface area contributed by atoms with Gasteiger partial charge in [-0.25, -0.2) is 4.79 Å². The minimum absolute atomic E-state index is 0.328. The maximum atomic E-state index is 11.5. The Balaban J connectivity index is 2.30. The van der Waals surface area contributed by atoms with Gasteiger partial charge in [-0.2, -0.15) is 0 Å². The molecule has 0 amide bonds. The summed E-state index contributed by atoms with van der Waals surface area (Å²) in [4.78, 5) is 11.5. The van der Waals surface area contributed by atoms with Crippen LogP contribution in [0.3, 0.4) is 0 Å². The van der Waals surface area contributed by atoms with Gasteiger partial charge in [0.25, 0.3) is 0 Å². The molecule has 0 atom stereocenters. The number of carbonyl (C=O) groups excluding carboxylic acids is 1. The SMILES string of the molecule is CCOC(=O)/C=C(\C)c1ccc(-c2cc(Cl)ccc2OC)cc1. The first-order chi connectivity index (χ1) is 11.0. The van der Waals surface area contributed by atoms with Crippen molar-refractivity contribution < 1.29 is 14.3 Å². The number of ether oxygens (including phenoxy) is 2. The monoisotopic (exact) mass is 330 g/mol. The van der Waals surface area contributed by atoms with Crippen molar-refractivity contribution in [3.8, 4) is 16.9 Å². The van der Waals surface area contributed by atoms with E-state index < -0.39 is 0 Å². The molecule has 0 aliphatic carbocycles. The smallest absolute Gasteiger partial charge is 0.331 e. The lowest BCUT2D eigenvalue weighted by Crippen LogP contribution is -2.00. The van der Waals surface area contributed by atoms with Crippen LogP contribution < -0.4 is 4.74 Å². The second-order valence-corrected chi connectivity index (χ2v) is 5.44. The van der Waals surface area contributed by atoms with Gasteiger partial charge < -0.3 is 9.47 Å². The van der Waals surface area contributed by atoms with Crippen LogP contribution >= 0.6 is 11.6 Å². The van der Waals surface area contributed by atoms with Crippen LogP contribution in [-0.2, 0) is 9.53 Å². The second-order valence-electron chi connectivity index (χ2n) is 5.00. The second kappa shape index (κ2) is 7.84. The largest absolute Gasteiger partial charge is 0.496 e. The summed E-state index contributed by atoms with van der Waals surface area (Å²) in [7, 11) is 1.63. The molecule has 0 radical (unpaired) electrons. The third-order valence-corrected chi connectivity index (χ3v) is 3.67. The van der Waals surface area contributed by atoms with E-state index in [-0.39, 0.29) is 5.97 Å². The summed E-state index contributed by atoms with van der Waals surface area (Å²) in [5.74, 6) is 0.437. The number of halogens is 1. The highest BCUT2D eigenvalue weighted by Gasteiger charge is 2.07. The predicted octanol–water partition coefficient (Wildman–Crippen LogP) is 4.98. The lowest BCUT2D eigenvalue weighted by Gasteiger charge is -2.10. The minimum atomic E-state index is -0.328. The molecule has 0 heterocycles. The molecule has 120 valence electrons. The Labute approximate surface area is 141 Å². The Morgan fingerprint density at radius 1 is 1.17 bits per heavy atom. The Morgan fingerprint density at radius 3 is 2.48 bits per heavy atom. The number of esters is 1. The summed E-state index contributed by atoms with van der Waals surface area (Å²) in [6, 6.07) is 13.4. The molecule has 2 aromatic rings. The van der Waals surface area contributed by atoms with Crippen LogP contribution in [0.15, 0.2) is 48.5 Å². The Bertz CT molecular complexity index is 718. The summed E-state index contributed by atoms with van der Waals surface area (Å²) in [6.45, 7) is 4.04. The molecule has 0 aliphatic heterocycles. The van der Waals surface area contributed by atoms with Gasteiger partial charge in [0, 0.05) is 16.7 Å². The molecule has 0 saturated carbocycles. The molecule has 0 aromatic heterocycles. The molecule has 0 bridgehead atoms. The molecule has 0 spiro atoms. The number of carbonyl (C=O) groups is 1. The summed E-state index contributed by atoms with van der Waals surface area (Å²) < 4.78 is 10.3. The minimum Gasteiger partial charge on any atom is -0.496 e. The zero-order chi connectivity index (χ0) is 16.8. The van der Waals surface area contributed by atoms with Crippen molar-refractivity contribution in [1.29, 1.82) is 0 Å². The van der Waals surface area contributed by atoms with Crippen molar-refractivity contribution in [1.82, 2.24) is 0 Å². The number of rotatable bonds is 5. The van der Waals surface area contributed by atoms with Crippen LogP contribution in [0.2, 0.25) is 5.02 Å². The van der Waals surface area contributed by atoms with Crippen molar-refractivity contribution in [3.63, 3.8) is 0 Å². The molecule has 0 fully saturated rings. The van der Waals surface area contributed by atoms with Crippen molar-refractivity contribution in [3.05, 3.63) is 59.1 Å². The van der Waals surface area contributed by atoms with Gasteiger partial charge in [-0.1, -0.05) is 35.9 Å². The average molecular weight is 331 g/mol. The number of hydrogen-bond acceptors (Lipinski definition) is 3. The fourth-order valence-corrected chi connectivity index (χ4v) is 2.43. The first-order valence-electron chi connectivity index (χ1n) is 7.34. The van der Waals surface area contributed by atoms with E-state index in [9.17, 15) is 4.79 Å². The van der Waals surface area contributed by atoms with E-state index in [0.29, 0.717) is 11.6 Å². The Morgan fingerprint density at radius 2 is 1.87 bits per heavy atom. The highest BCUT2D eigenvalue weighted by molar-refractivity contribution is 6.31. The van der Waals surface area contributed by atoms with Gasteiger partial charge in [0.2, 0.25) is 0 Å². The van der Waals surface area contributed by atoms with Crippen LogP contribution in [0.1, 0.15) is 19.4 Å². The van der Waals surface area contributed by atoms with Crippen LogP contribution in [-0.4, -0.2) is 19.7 Å².